The Labute approximate surface area is 190 Å². The molecule has 0 bridgehead atoms. The normalized spacial score (nSPS) is 14.6. The van der Waals surface area contributed by atoms with Crippen LogP contribution in [0, 0.1) is 12.8 Å². The van der Waals surface area contributed by atoms with Gasteiger partial charge in [0.1, 0.15) is 23.7 Å². The van der Waals surface area contributed by atoms with Crippen LogP contribution >= 0.6 is 0 Å². The predicted octanol–water partition coefficient (Wildman–Crippen LogP) is 6.58. The highest BCUT2D eigenvalue weighted by molar-refractivity contribution is 5.86. The molecule has 0 amide bonds. The Kier molecular flexibility index (Phi) is 6.06. The lowest BCUT2D eigenvalue weighted by Crippen LogP contribution is -2.34. The molecule has 162 valence electrons. The molecule has 1 saturated heterocycles. The van der Waals surface area contributed by atoms with Gasteiger partial charge in [-0.1, -0.05) is 72.3 Å². The van der Waals surface area contributed by atoms with Crippen molar-refractivity contribution >= 4 is 16.7 Å². The molecule has 0 atom stereocenters. The summed E-state index contributed by atoms with van der Waals surface area (Å²) in [6.45, 7) is 4.77. The van der Waals surface area contributed by atoms with E-state index in [1.807, 2.05) is 12.1 Å². The van der Waals surface area contributed by atoms with Crippen LogP contribution < -0.4 is 9.64 Å². The minimum absolute atomic E-state index is 0.552. The maximum atomic E-state index is 6.19. The summed E-state index contributed by atoms with van der Waals surface area (Å²) in [4.78, 5) is 7.46. The van der Waals surface area contributed by atoms with Crippen molar-refractivity contribution < 1.29 is 4.74 Å². The molecule has 0 N–H and O–H groups in total. The zero-order valence-corrected chi connectivity index (χ0v) is 18.7. The molecule has 0 aliphatic carbocycles. The number of benzene rings is 3. The maximum Gasteiger partial charge on any atom is 0.146 e. The number of pyridine rings is 1. The molecule has 0 radical (unpaired) electrons. The first kappa shape index (κ1) is 20.6. The molecule has 0 saturated carbocycles. The minimum atomic E-state index is 0.552. The molecule has 0 unspecified atom stereocenters. The van der Waals surface area contributed by atoms with Gasteiger partial charge in [-0.15, -0.1) is 0 Å². The number of piperidine rings is 1. The monoisotopic (exact) mass is 422 g/mol. The number of rotatable bonds is 6. The molecule has 2 heterocycles. The van der Waals surface area contributed by atoms with Gasteiger partial charge in [-0.25, -0.2) is 4.98 Å². The standard InChI is InChI=1S/C29H30N2O/c1-22-10-12-25(13-11-22)21-32-27-9-5-8-26-14-15-28(30-29(26)27)31-18-16-24(17-19-31)20-23-6-3-2-4-7-23/h2-15,24H,16-21H2,1H3. The van der Waals surface area contributed by atoms with E-state index >= 15 is 0 Å². The molecule has 3 aromatic carbocycles. The average Bonchev–Trinajstić information content (AvgIpc) is 2.84. The molecule has 5 rings (SSSR count). The lowest BCUT2D eigenvalue weighted by Gasteiger charge is -2.33. The Morgan fingerprint density at radius 2 is 1.59 bits per heavy atom. The van der Waals surface area contributed by atoms with Crippen LogP contribution in [0.5, 0.6) is 5.75 Å². The number of fused-ring (bicyclic) bond motifs is 1. The molecule has 1 fully saturated rings. The Balaban J connectivity index is 1.28. The van der Waals surface area contributed by atoms with Crippen molar-refractivity contribution in [3.8, 4) is 5.75 Å². The fraction of sp³-hybridized carbons (Fsp3) is 0.276. The Morgan fingerprint density at radius 1 is 0.812 bits per heavy atom. The number of aromatic nitrogens is 1. The van der Waals surface area contributed by atoms with E-state index in [1.165, 1.54) is 36.0 Å². The molecule has 1 aromatic heterocycles. The van der Waals surface area contributed by atoms with Crippen molar-refractivity contribution in [2.45, 2.75) is 32.8 Å². The lowest BCUT2D eigenvalue weighted by molar-refractivity contribution is 0.309. The van der Waals surface area contributed by atoms with Gasteiger partial charge in [-0.2, -0.15) is 0 Å². The van der Waals surface area contributed by atoms with Gasteiger partial charge < -0.3 is 9.64 Å². The summed E-state index contributed by atoms with van der Waals surface area (Å²) in [6, 6.07) is 29.9. The fourth-order valence-electron chi connectivity index (χ4n) is 4.56. The highest BCUT2D eigenvalue weighted by Gasteiger charge is 2.21. The third-order valence-corrected chi connectivity index (χ3v) is 6.49. The summed E-state index contributed by atoms with van der Waals surface area (Å²) in [7, 11) is 0. The average molecular weight is 423 g/mol. The van der Waals surface area contributed by atoms with Gasteiger partial charge in [0.2, 0.25) is 0 Å². The minimum Gasteiger partial charge on any atom is -0.487 e. The summed E-state index contributed by atoms with van der Waals surface area (Å²) < 4.78 is 6.19. The number of aryl methyl sites for hydroxylation is 1. The van der Waals surface area contributed by atoms with Gasteiger partial charge in [0.05, 0.1) is 0 Å². The fourth-order valence-corrected chi connectivity index (χ4v) is 4.56. The van der Waals surface area contributed by atoms with Crippen LogP contribution in [0.1, 0.15) is 29.5 Å². The van der Waals surface area contributed by atoms with E-state index in [-0.39, 0.29) is 0 Å². The van der Waals surface area contributed by atoms with Gasteiger partial charge in [0.15, 0.2) is 0 Å². The first-order valence-electron chi connectivity index (χ1n) is 11.6. The van der Waals surface area contributed by atoms with Crippen LogP contribution in [0.2, 0.25) is 0 Å². The second-order valence-corrected chi connectivity index (χ2v) is 8.89. The van der Waals surface area contributed by atoms with Crippen molar-refractivity contribution in [3.63, 3.8) is 0 Å². The second-order valence-electron chi connectivity index (χ2n) is 8.89. The van der Waals surface area contributed by atoms with Crippen LogP contribution in [0.3, 0.4) is 0 Å². The van der Waals surface area contributed by atoms with Crippen molar-refractivity contribution in [1.29, 1.82) is 0 Å². The van der Waals surface area contributed by atoms with Crippen molar-refractivity contribution in [1.82, 2.24) is 4.98 Å². The van der Waals surface area contributed by atoms with E-state index in [0.717, 1.165) is 41.5 Å². The van der Waals surface area contributed by atoms with E-state index in [1.54, 1.807) is 0 Å². The van der Waals surface area contributed by atoms with E-state index in [0.29, 0.717) is 6.61 Å². The topological polar surface area (TPSA) is 25.4 Å². The summed E-state index contributed by atoms with van der Waals surface area (Å²) in [5, 5.41) is 1.12. The lowest BCUT2D eigenvalue weighted by atomic mass is 9.90. The molecule has 0 spiro atoms. The summed E-state index contributed by atoms with van der Waals surface area (Å²) in [6.07, 6.45) is 3.59. The SMILES string of the molecule is Cc1ccc(COc2cccc3ccc(N4CCC(Cc5ccccc5)CC4)nc23)cc1. The van der Waals surface area contributed by atoms with Gasteiger partial charge in [0.25, 0.3) is 0 Å². The number of nitrogens with zero attached hydrogens (tertiary/aromatic N) is 2. The van der Waals surface area contributed by atoms with Gasteiger partial charge >= 0.3 is 0 Å². The number of para-hydroxylation sites is 1. The molecule has 4 aromatic rings. The van der Waals surface area contributed by atoms with Crippen molar-refractivity contribution in [2.24, 2.45) is 5.92 Å². The van der Waals surface area contributed by atoms with Crippen molar-refractivity contribution in [3.05, 3.63) is 102 Å². The summed E-state index contributed by atoms with van der Waals surface area (Å²) in [5.74, 6) is 2.66. The molecule has 1 aliphatic heterocycles. The van der Waals surface area contributed by atoms with Crippen LogP contribution in [-0.2, 0) is 13.0 Å². The second kappa shape index (κ2) is 9.44. The first-order chi connectivity index (χ1) is 15.7. The third-order valence-electron chi connectivity index (χ3n) is 6.49. The Morgan fingerprint density at radius 3 is 2.38 bits per heavy atom. The van der Waals surface area contributed by atoms with Crippen LogP contribution in [-0.4, -0.2) is 18.1 Å². The number of anilines is 1. The summed E-state index contributed by atoms with van der Waals surface area (Å²) in [5.41, 5.74) is 4.83. The van der Waals surface area contributed by atoms with E-state index < -0.39 is 0 Å². The van der Waals surface area contributed by atoms with Gasteiger partial charge in [0, 0.05) is 18.5 Å². The molecular formula is C29H30N2O. The van der Waals surface area contributed by atoms with E-state index in [2.05, 4.69) is 84.6 Å². The Bertz CT molecular complexity index is 1160. The van der Waals surface area contributed by atoms with Crippen molar-refractivity contribution in [2.75, 3.05) is 18.0 Å². The molecular weight excluding hydrogens is 392 g/mol. The zero-order valence-electron chi connectivity index (χ0n) is 18.7. The molecule has 32 heavy (non-hydrogen) atoms. The first-order valence-corrected chi connectivity index (χ1v) is 11.6. The quantitative estimate of drug-likeness (QED) is 0.351. The zero-order chi connectivity index (χ0) is 21.8. The maximum absolute atomic E-state index is 6.19. The van der Waals surface area contributed by atoms with E-state index in [4.69, 9.17) is 9.72 Å². The van der Waals surface area contributed by atoms with Gasteiger partial charge in [-0.05, 0) is 61.4 Å². The van der Waals surface area contributed by atoms with E-state index in [9.17, 15) is 0 Å². The Hall–Kier alpha value is -3.33. The summed E-state index contributed by atoms with van der Waals surface area (Å²) >= 11 is 0. The largest absolute Gasteiger partial charge is 0.487 e. The smallest absolute Gasteiger partial charge is 0.146 e. The van der Waals surface area contributed by atoms with Crippen LogP contribution in [0.25, 0.3) is 10.9 Å². The number of hydrogen-bond donors (Lipinski definition) is 0. The predicted molar refractivity (Wildman–Crippen MR) is 132 cm³/mol. The highest BCUT2D eigenvalue weighted by Crippen LogP contribution is 2.30. The third kappa shape index (κ3) is 4.77. The highest BCUT2D eigenvalue weighted by atomic mass is 16.5. The van der Waals surface area contributed by atoms with Gasteiger partial charge in [-0.3, -0.25) is 0 Å². The van der Waals surface area contributed by atoms with Crippen LogP contribution in [0.15, 0.2) is 84.9 Å². The molecule has 3 heteroatoms. The number of hydrogen-bond acceptors (Lipinski definition) is 3. The van der Waals surface area contributed by atoms with Crippen LogP contribution in [0.4, 0.5) is 5.82 Å². The molecule has 1 aliphatic rings. The number of ether oxygens (including phenoxy) is 1. The molecule has 3 nitrogen and oxygen atoms in total.